The van der Waals surface area contributed by atoms with Gasteiger partial charge in [0.15, 0.2) is 0 Å². The number of halogens is 2. The second-order valence-corrected chi connectivity index (χ2v) is 4.48. The smallest absolute Gasteiger partial charge is 0.133 e. The molecule has 0 N–H and O–H groups in total. The standard InChI is InChI=1S/C11H10BrFO/c12-8-5-7-1-2-9(14)3-4-10(7)11(13)6-8/h5-6H,1-4H2. The summed E-state index contributed by atoms with van der Waals surface area (Å²) in [4.78, 5) is 11.2. The number of rotatable bonds is 0. The molecule has 0 atom stereocenters. The lowest BCUT2D eigenvalue weighted by molar-refractivity contribution is -0.118. The Kier molecular flexibility index (Phi) is 2.68. The third-order valence-corrected chi connectivity index (χ3v) is 3.04. The first-order valence-corrected chi connectivity index (χ1v) is 5.44. The Hall–Kier alpha value is -0.700. The van der Waals surface area contributed by atoms with Crippen LogP contribution in [0.5, 0.6) is 0 Å². The number of fused-ring (bicyclic) bond motifs is 1. The highest BCUT2D eigenvalue weighted by Crippen LogP contribution is 2.25. The van der Waals surface area contributed by atoms with E-state index in [4.69, 9.17) is 0 Å². The van der Waals surface area contributed by atoms with Crippen molar-refractivity contribution in [2.24, 2.45) is 0 Å². The van der Waals surface area contributed by atoms with E-state index in [0.717, 1.165) is 15.6 Å². The first-order chi connectivity index (χ1) is 6.66. The van der Waals surface area contributed by atoms with Crippen LogP contribution < -0.4 is 0 Å². The number of hydrogen-bond acceptors (Lipinski definition) is 1. The Bertz CT molecular complexity index is 387. The Morgan fingerprint density at radius 2 is 1.86 bits per heavy atom. The van der Waals surface area contributed by atoms with Gasteiger partial charge in [0.05, 0.1) is 0 Å². The monoisotopic (exact) mass is 256 g/mol. The van der Waals surface area contributed by atoms with Gasteiger partial charge in [0.2, 0.25) is 0 Å². The molecule has 0 fully saturated rings. The quantitative estimate of drug-likeness (QED) is 0.653. The van der Waals surface area contributed by atoms with Gasteiger partial charge in [0.1, 0.15) is 11.6 Å². The minimum Gasteiger partial charge on any atom is -0.300 e. The molecule has 1 aromatic rings. The van der Waals surface area contributed by atoms with E-state index in [0.29, 0.717) is 25.7 Å². The average molecular weight is 257 g/mol. The molecule has 2 rings (SSSR count). The zero-order valence-corrected chi connectivity index (χ0v) is 9.23. The molecule has 0 spiro atoms. The summed E-state index contributed by atoms with van der Waals surface area (Å²) in [5.41, 5.74) is 1.70. The summed E-state index contributed by atoms with van der Waals surface area (Å²) in [6.07, 6.45) is 2.24. The van der Waals surface area contributed by atoms with Crippen LogP contribution >= 0.6 is 15.9 Å². The molecule has 1 aliphatic rings. The van der Waals surface area contributed by atoms with Gasteiger partial charge in [-0.05, 0) is 36.1 Å². The van der Waals surface area contributed by atoms with Crippen LogP contribution in [0, 0.1) is 5.82 Å². The molecule has 0 bridgehead atoms. The zero-order valence-electron chi connectivity index (χ0n) is 7.65. The van der Waals surface area contributed by atoms with Crippen LogP contribution in [0.15, 0.2) is 16.6 Å². The predicted octanol–water partition coefficient (Wildman–Crippen LogP) is 3.04. The molecule has 74 valence electrons. The molecule has 3 heteroatoms. The summed E-state index contributed by atoms with van der Waals surface area (Å²) >= 11 is 3.26. The lowest BCUT2D eigenvalue weighted by atomic mass is 10.0. The first kappa shape index (κ1) is 9.84. The molecule has 0 unspecified atom stereocenters. The van der Waals surface area contributed by atoms with Gasteiger partial charge in [0, 0.05) is 17.3 Å². The number of benzene rings is 1. The number of carbonyl (C=O) groups excluding carboxylic acids is 1. The van der Waals surface area contributed by atoms with Crippen molar-refractivity contribution in [3.05, 3.63) is 33.5 Å². The topological polar surface area (TPSA) is 17.1 Å². The number of hydrogen-bond donors (Lipinski definition) is 0. The van der Waals surface area contributed by atoms with Crippen molar-refractivity contribution in [1.29, 1.82) is 0 Å². The minimum atomic E-state index is -0.191. The number of Topliss-reactive ketones (excluding diaryl/α,β-unsaturated/α-hetero) is 1. The molecule has 0 saturated carbocycles. The van der Waals surface area contributed by atoms with Crippen molar-refractivity contribution in [2.45, 2.75) is 25.7 Å². The van der Waals surface area contributed by atoms with E-state index in [1.165, 1.54) is 6.07 Å². The summed E-state index contributed by atoms with van der Waals surface area (Å²) in [5, 5.41) is 0. The van der Waals surface area contributed by atoms with Crippen molar-refractivity contribution in [2.75, 3.05) is 0 Å². The summed E-state index contributed by atoms with van der Waals surface area (Å²) in [6.45, 7) is 0. The number of carbonyl (C=O) groups is 1. The molecule has 0 amide bonds. The summed E-state index contributed by atoms with van der Waals surface area (Å²) in [5.74, 6) is 0.0424. The van der Waals surface area contributed by atoms with E-state index >= 15 is 0 Å². The molecule has 0 aromatic heterocycles. The van der Waals surface area contributed by atoms with Gasteiger partial charge < -0.3 is 0 Å². The average Bonchev–Trinajstić information content (AvgIpc) is 2.28. The molecule has 0 aliphatic heterocycles. The van der Waals surface area contributed by atoms with Gasteiger partial charge in [-0.2, -0.15) is 0 Å². The van der Waals surface area contributed by atoms with Gasteiger partial charge in [-0.15, -0.1) is 0 Å². The highest BCUT2D eigenvalue weighted by Gasteiger charge is 2.16. The Labute approximate surface area is 90.4 Å². The van der Waals surface area contributed by atoms with Gasteiger partial charge in [-0.1, -0.05) is 15.9 Å². The van der Waals surface area contributed by atoms with Crippen molar-refractivity contribution < 1.29 is 9.18 Å². The molecular weight excluding hydrogens is 247 g/mol. The lowest BCUT2D eigenvalue weighted by Crippen LogP contribution is -1.96. The summed E-state index contributed by atoms with van der Waals surface area (Å²) < 4.78 is 14.3. The van der Waals surface area contributed by atoms with Gasteiger partial charge in [-0.25, -0.2) is 4.39 Å². The Morgan fingerprint density at radius 1 is 1.14 bits per heavy atom. The zero-order chi connectivity index (χ0) is 10.1. The minimum absolute atomic E-state index is 0.191. The van der Waals surface area contributed by atoms with Crippen LogP contribution in [0.25, 0.3) is 0 Å². The van der Waals surface area contributed by atoms with Crippen molar-refractivity contribution in [3.8, 4) is 0 Å². The van der Waals surface area contributed by atoms with Crippen LogP contribution in [0.2, 0.25) is 0 Å². The first-order valence-electron chi connectivity index (χ1n) is 4.65. The normalized spacial score (nSPS) is 16.3. The summed E-state index contributed by atoms with van der Waals surface area (Å²) in [6, 6.07) is 3.38. The van der Waals surface area contributed by atoms with Crippen LogP contribution in [0.4, 0.5) is 4.39 Å². The van der Waals surface area contributed by atoms with Gasteiger partial charge >= 0.3 is 0 Å². The highest BCUT2D eigenvalue weighted by atomic mass is 79.9. The summed E-state index contributed by atoms with van der Waals surface area (Å²) in [7, 11) is 0. The van der Waals surface area contributed by atoms with E-state index in [2.05, 4.69) is 15.9 Å². The van der Waals surface area contributed by atoms with Crippen molar-refractivity contribution >= 4 is 21.7 Å². The third kappa shape index (κ3) is 1.87. The molecular formula is C11H10BrFO. The molecule has 1 nitrogen and oxygen atoms in total. The largest absolute Gasteiger partial charge is 0.300 e. The van der Waals surface area contributed by atoms with Crippen LogP contribution in [0.1, 0.15) is 24.0 Å². The molecule has 0 radical (unpaired) electrons. The molecule has 0 saturated heterocycles. The molecule has 0 heterocycles. The third-order valence-electron chi connectivity index (χ3n) is 2.58. The van der Waals surface area contributed by atoms with E-state index < -0.39 is 0 Å². The van der Waals surface area contributed by atoms with E-state index in [9.17, 15) is 9.18 Å². The second-order valence-electron chi connectivity index (χ2n) is 3.56. The maximum absolute atomic E-state index is 13.5. The second kappa shape index (κ2) is 3.81. The Morgan fingerprint density at radius 3 is 2.64 bits per heavy atom. The fourth-order valence-electron chi connectivity index (χ4n) is 1.82. The number of aryl methyl sites for hydroxylation is 1. The fourth-order valence-corrected chi connectivity index (χ4v) is 2.30. The highest BCUT2D eigenvalue weighted by molar-refractivity contribution is 9.10. The van der Waals surface area contributed by atoms with Crippen molar-refractivity contribution in [3.63, 3.8) is 0 Å². The fraction of sp³-hybridized carbons (Fsp3) is 0.364. The maximum Gasteiger partial charge on any atom is 0.133 e. The van der Waals surface area contributed by atoms with E-state index in [1.807, 2.05) is 6.07 Å². The van der Waals surface area contributed by atoms with Gasteiger partial charge in [0.25, 0.3) is 0 Å². The molecule has 1 aromatic carbocycles. The molecule has 1 aliphatic carbocycles. The van der Waals surface area contributed by atoms with Crippen LogP contribution in [-0.4, -0.2) is 5.78 Å². The predicted molar refractivity (Wildman–Crippen MR) is 55.7 cm³/mol. The number of ketones is 1. The van der Waals surface area contributed by atoms with E-state index in [1.54, 1.807) is 0 Å². The SMILES string of the molecule is O=C1CCc2cc(Br)cc(F)c2CC1. The van der Waals surface area contributed by atoms with Crippen molar-refractivity contribution in [1.82, 2.24) is 0 Å². The lowest BCUT2D eigenvalue weighted by Gasteiger charge is -2.06. The van der Waals surface area contributed by atoms with Crippen LogP contribution in [0.3, 0.4) is 0 Å². The van der Waals surface area contributed by atoms with Crippen LogP contribution in [-0.2, 0) is 17.6 Å². The maximum atomic E-state index is 13.5. The Balaban J connectivity index is 2.45. The van der Waals surface area contributed by atoms with Gasteiger partial charge in [-0.3, -0.25) is 4.79 Å². The molecule has 14 heavy (non-hydrogen) atoms. The van der Waals surface area contributed by atoms with E-state index in [-0.39, 0.29) is 11.6 Å².